The van der Waals surface area contributed by atoms with Gasteiger partial charge in [0.05, 0.1) is 11.1 Å². The number of halogens is 2. The van der Waals surface area contributed by atoms with Crippen LogP contribution in [0.4, 0.5) is 0 Å². The average Bonchev–Trinajstić information content (AvgIpc) is 3.10. The van der Waals surface area contributed by atoms with Crippen LogP contribution in [0.25, 0.3) is 10.9 Å². The molecule has 29 heavy (non-hydrogen) atoms. The van der Waals surface area contributed by atoms with Crippen molar-refractivity contribution < 1.29 is 19.1 Å². The highest BCUT2D eigenvalue weighted by molar-refractivity contribution is 9.11. The standard InChI is InChI=1S/C21H20Br2N2O4/c1-2-28-21(27)18(9-13-11-24-17-6-4-3-5-15(13)17)25-20(26)12-29-19-8-7-14(22)10-16(19)23/h3-8,10-11,18,24H,2,9,12H2,1H3,(H,25,26)/t18-/m1/s1. The maximum Gasteiger partial charge on any atom is 0.328 e. The van der Waals surface area contributed by atoms with Crippen molar-refractivity contribution in [1.29, 1.82) is 0 Å². The van der Waals surface area contributed by atoms with Crippen molar-refractivity contribution in [3.8, 4) is 5.75 Å². The van der Waals surface area contributed by atoms with Crippen molar-refractivity contribution >= 4 is 54.6 Å². The lowest BCUT2D eigenvalue weighted by Gasteiger charge is -2.17. The molecular formula is C21H20Br2N2O4. The number of H-pyrrole nitrogens is 1. The molecule has 6 nitrogen and oxygen atoms in total. The molecule has 0 radical (unpaired) electrons. The van der Waals surface area contributed by atoms with Crippen LogP contribution in [0.15, 0.2) is 57.6 Å². The molecule has 8 heteroatoms. The van der Waals surface area contributed by atoms with E-state index >= 15 is 0 Å². The second-order valence-electron chi connectivity index (χ2n) is 6.30. The predicted molar refractivity (Wildman–Crippen MR) is 118 cm³/mol. The fourth-order valence-corrected chi connectivity index (χ4v) is 4.09. The van der Waals surface area contributed by atoms with Crippen molar-refractivity contribution in [3.63, 3.8) is 0 Å². The summed E-state index contributed by atoms with van der Waals surface area (Å²) < 4.78 is 12.3. The molecule has 0 saturated carbocycles. The fourth-order valence-electron chi connectivity index (χ4n) is 2.93. The van der Waals surface area contributed by atoms with Crippen LogP contribution in [0.2, 0.25) is 0 Å². The SMILES string of the molecule is CCOC(=O)[C@@H](Cc1c[nH]c2ccccc12)NC(=O)COc1ccc(Br)cc1Br. The molecule has 0 unspecified atom stereocenters. The van der Waals surface area contributed by atoms with Crippen molar-refractivity contribution in [2.24, 2.45) is 0 Å². The summed E-state index contributed by atoms with van der Waals surface area (Å²) in [6.45, 7) is 1.75. The minimum absolute atomic E-state index is 0.218. The zero-order chi connectivity index (χ0) is 20.8. The van der Waals surface area contributed by atoms with Crippen molar-refractivity contribution in [2.75, 3.05) is 13.2 Å². The van der Waals surface area contributed by atoms with Crippen LogP contribution in [0, 0.1) is 0 Å². The van der Waals surface area contributed by atoms with E-state index in [1.165, 1.54) is 0 Å². The second-order valence-corrected chi connectivity index (χ2v) is 8.07. The number of carbonyl (C=O) groups excluding carboxylic acids is 2. The van der Waals surface area contributed by atoms with E-state index in [9.17, 15) is 9.59 Å². The number of benzene rings is 2. The van der Waals surface area contributed by atoms with Crippen molar-refractivity contribution in [1.82, 2.24) is 10.3 Å². The number of aromatic nitrogens is 1. The number of hydrogen-bond donors (Lipinski definition) is 2. The van der Waals surface area contributed by atoms with Gasteiger partial charge in [0.1, 0.15) is 11.8 Å². The molecule has 1 atom stereocenters. The summed E-state index contributed by atoms with van der Waals surface area (Å²) in [4.78, 5) is 28.0. The summed E-state index contributed by atoms with van der Waals surface area (Å²) in [5.41, 5.74) is 1.90. The molecule has 2 aromatic carbocycles. The largest absolute Gasteiger partial charge is 0.483 e. The Bertz CT molecular complexity index is 1020. The summed E-state index contributed by atoms with van der Waals surface area (Å²) in [7, 11) is 0. The van der Waals surface area contributed by atoms with Crippen LogP contribution in [0.3, 0.4) is 0 Å². The number of para-hydroxylation sites is 1. The van der Waals surface area contributed by atoms with Crippen LogP contribution < -0.4 is 10.1 Å². The maximum absolute atomic E-state index is 12.4. The summed E-state index contributed by atoms with van der Waals surface area (Å²) in [5, 5.41) is 3.73. The molecule has 0 aliphatic carbocycles. The van der Waals surface area contributed by atoms with Crippen LogP contribution in [-0.2, 0) is 20.7 Å². The van der Waals surface area contributed by atoms with Crippen molar-refractivity contribution in [3.05, 3.63) is 63.2 Å². The molecule has 2 N–H and O–H groups in total. The van der Waals surface area contributed by atoms with Gasteiger partial charge >= 0.3 is 5.97 Å². The number of rotatable bonds is 8. The molecule has 3 rings (SSSR count). The van der Waals surface area contributed by atoms with Gasteiger partial charge in [-0.1, -0.05) is 34.1 Å². The van der Waals surface area contributed by atoms with Gasteiger partial charge in [0.15, 0.2) is 6.61 Å². The number of amides is 1. The van der Waals surface area contributed by atoms with Crippen LogP contribution in [0.5, 0.6) is 5.75 Å². The molecule has 3 aromatic rings. The van der Waals surface area contributed by atoms with Gasteiger partial charge in [0.2, 0.25) is 0 Å². The van der Waals surface area contributed by atoms with Gasteiger partial charge in [-0.15, -0.1) is 0 Å². The van der Waals surface area contributed by atoms with Gasteiger partial charge < -0.3 is 19.8 Å². The highest BCUT2D eigenvalue weighted by Crippen LogP contribution is 2.28. The first-order chi connectivity index (χ1) is 14.0. The number of fused-ring (bicyclic) bond motifs is 1. The van der Waals surface area contributed by atoms with Gasteiger partial charge in [0.25, 0.3) is 5.91 Å². The van der Waals surface area contributed by atoms with Gasteiger partial charge in [-0.2, -0.15) is 0 Å². The maximum atomic E-state index is 12.4. The molecule has 152 valence electrons. The minimum Gasteiger partial charge on any atom is -0.483 e. The first-order valence-electron chi connectivity index (χ1n) is 9.06. The van der Waals surface area contributed by atoms with E-state index in [-0.39, 0.29) is 13.2 Å². The molecule has 1 amide bonds. The lowest BCUT2D eigenvalue weighted by Crippen LogP contribution is -2.45. The van der Waals surface area contributed by atoms with Gasteiger partial charge in [0, 0.05) is 28.0 Å². The Morgan fingerprint density at radius 2 is 1.97 bits per heavy atom. The summed E-state index contributed by atoms with van der Waals surface area (Å²) in [6.07, 6.45) is 2.16. The molecule has 0 fully saturated rings. The summed E-state index contributed by atoms with van der Waals surface area (Å²) in [5.74, 6) is -0.346. The minimum atomic E-state index is -0.807. The normalized spacial score (nSPS) is 11.8. The molecule has 1 heterocycles. The third-order valence-corrected chi connectivity index (χ3v) is 5.37. The Balaban J connectivity index is 1.68. The highest BCUT2D eigenvalue weighted by atomic mass is 79.9. The molecule has 0 spiro atoms. The first kappa shape index (κ1) is 21.4. The summed E-state index contributed by atoms with van der Waals surface area (Å²) in [6, 6.07) is 12.4. The zero-order valence-corrected chi connectivity index (χ0v) is 18.9. The Hall–Kier alpha value is -2.32. The molecular weight excluding hydrogens is 504 g/mol. The lowest BCUT2D eigenvalue weighted by atomic mass is 10.0. The third kappa shape index (κ3) is 5.61. The summed E-state index contributed by atoms with van der Waals surface area (Å²) >= 11 is 6.76. The predicted octanol–water partition coefficient (Wildman–Crippen LogP) is 4.36. The first-order valence-corrected chi connectivity index (χ1v) is 10.7. The van der Waals surface area contributed by atoms with E-state index in [1.54, 1.807) is 13.0 Å². The van der Waals surface area contributed by atoms with Crippen LogP contribution in [0.1, 0.15) is 12.5 Å². The average molecular weight is 524 g/mol. The van der Waals surface area contributed by atoms with Crippen LogP contribution >= 0.6 is 31.9 Å². The number of carbonyl (C=O) groups is 2. The van der Waals surface area contributed by atoms with E-state index in [2.05, 4.69) is 42.2 Å². The highest BCUT2D eigenvalue weighted by Gasteiger charge is 2.24. The second kappa shape index (κ2) is 9.93. The number of nitrogens with one attached hydrogen (secondary N) is 2. The van der Waals surface area contributed by atoms with E-state index in [0.29, 0.717) is 12.2 Å². The Morgan fingerprint density at radius 1 is 1.17 bits per heavy atom. The number of aromatic amines is 1. The molecule has 0 bridgehead atoms. The Kier molecular flexibility index (Phi) is 7.33. The van der Waals surface area contributed by atoms with Gasteiger partial charge in [-0.05, 0) is 52.7 Å². The van der Waals surface area contributed by atoms with E-state index in [0.717, 1.165) is 25.4 Å². The smallest absolute Gasteiger partial charge is 0.328 e. The monoisotopic (exact) mass is 522 g/mol. The van der Waals surface area contributed by atoms with E-state index in [4.69, 9.17) is 9.47 Å². The number of ether oxygens (including phenoxy) is 2. The lowest BCUT2D eigenvalue weighted by molar-refractivity contribution is -0.147. The zero-order valence-electron chi connectivity index (χ0n) is 15.7. The molecule has 0 saturated heterocycles. The van der Waals surface area contributed by atoms with E-state index in [1.807, 2.05) is 42.6 Å². The molecule has 0 aliphatic heterocycles. The Labute approximate surface area is 185 Å². The number of esters is 1. The quantitative estimate of drug-likeness (QED) is 0.430. The van der Waals surface area contributed by atoms with Gasteiger partial charge in [-0.25, -0.2) is 4.79 Å². The topological polar surface area (TPSA) is 80.4 Å². The fraction of sp³-hybridized carbons (Fsp3) is 0.238. The number of hydrogen-bond acceptors (Lipinski definition) is 4. The van der Waals surface area contributed by atoms with E-state index < -0.39 is 17.9 Å². The van der Waals surface area contributed by atoms with Crippen LogP contribution in [-0.4, -0.2) is 36.1 Å². The van der Waals surface area contributed by atoms with Crippen molar-refractivity contribution in [2.45, 2.75) is 19.4 Å². The third-order valence-electron chi connectivity index (χ3n) is 4.26. The molecule has 0 aliphatic rings. The Morgan fingerprint density at radius 3 is 2.72 bits per heavy atom. The molecule has 1 aromatic heterocycles. The van der Waals surface area contributed by atoms with Gasteiger partial charge in [-0.3, -0.25) is 4.79 Å².